The van der Waals surface area contributed by atoms with Crippen LogP contribution in [0.1, 0.15) is 19.4 Å². The smallest absolute Gasteiger partial charge is 0.344 e. The Morgan fingerprint density at radius 3 is 2.55 bits per heavy atom. The van der Waals surface area contributed by atoms with Gasteiger partial charge in [0.2, 0.25) is 0 Å². The average molecular weight is 308 g/mol. The van der Waals surface area contributed by atoms with Gasteiger partial charge in [-0.2, -0.15) is 0 Å². The second-order valence-electron chi connectivity index (χ2n) is 4.94. The van der Waals surface area contributed by atoms with Crippen LogP contribution in [0.2, 0.25) is 0 Å². The molecule has 22 heavy (non-hydrogen) atoms. The maximum Gasteiger partial charge on any atom is 0.344 e. The highest BCUT2D eigenvalue weighted by Gasteiger charge is 2.11. The topological polar surface area (TPSA) is 93.7 Å². The summed E-state index contributed by atoms with van der Waals surface area (Å²) in [5.41, 5.74) is 1.00. The third-order valence-corrected chi connectivity index (χ3v) is 2.38. The van der Waals surface area contributed by atoms with E-state index in [9.17, 15) is 14.4 Å². The van der Waals surface area contributed by atoms with E-state index in [1.807, 2.05) is 18.3 Å². The summed E-state index contributed by atoms with van der Waals surface area (Å²) >= 11 is 0. The Labute approximate surface area is 129 Å². The number of nitrogens with one attached hydrogen (secondary N) is 2. The van der Waals surface area contributed by atoms with Gasteiger partial charge in [-0.3, -0.25) is 10.1 Å². The van der Waals surface area contributed by atoms with E-state index in [2.05, 4.69) is 5.32 Å². The minimum atomic E-state index is -0.706. The van der Waals surface area contributed by atoms with Crippen LogP contribution in [0, 0.1) is 6.92 Å². The van der Waals surface area contributed by atoms with Gasteiger partial charge in [0.05, 0.1) is 0 Å². The van der Waals surface area contributed by atoms with Crippen LogP contribution >= 0.6 is 0 Å². The number of hydrogen-bond acceptors (Lipinski definition) is 5. The van der Waals surface area contributed by atoms with Crippen LogP contribution in [0.4, 0.5) is 4.79 Å². The van der Waals surface area contributed by atoms with E-state index in [0.717, 1.165) is 5.56 Å². The molecule has 1 aromatic rings. The first kappa shape index (κ1) is 17.5. The standard InChI is InChI=1S/C15H20N2O5/c1-10(2)16-15(20)17-13(18)8-22-14(19)9-21-12-6-4-5-11(3)7-12/h4-7,10H,8-9H2,1-3H3,(H2,16,17,18,20). The lowest BCUT2D eigenvalue weighted by molar-refractivity contribution is -0.150. The molecule has 0 bridgehead atoms. The van der Waals surface area contributed by atoms with Crippen LogP contribution in [0.3, 0.4) is 0 Å². The summed E-state index contributed by atoms with van der Waals surface area (Å²) in [6.45, 7) is 4.56. The number of rotatable bonds is 6. The minimum absolute atomic E-state index is 0.0990. The van der Waals surface area contributed by atoms with E-state index in [0.29, 0.717) is 5.75 Å². The average Bonchev–Trinajstić information content (AvgIpc) is 2.42. The molecule has 1 rings (SSSR count). The number of esters is 1. The molecule has 0 aliphatic heterocycles. The van der Waals surface area contributed by atoms with E-state index in [4.69, 9.17) is 9.47 Å². The van der Waals surface area contributed by atoms with Crippen molar-refractivity contribution in [2.24, 2.45) is 0 Å². The molecule has 0 atom stereocenters. The molecule has 0 saturated carbocycles. The van der Waals surface area contributed by atoms with Gasteiger partial charge in [0.1, 0.15) is 5.75 Å². The molecule has 2 N–H and O–H groups in total. The summed E-state index contributed by atoms with van der Waals surface area (Å²) in [6.07, 6.45) is 0. The fraction of sp³-hybridized carbons (Fsp3) is 0.400. The van der Waals surface area contributed by atoms with E-state index in [-0.39, 0.29) is 12.6 Å². The molecule has 0 radical (unpaired) electrons. The largest absolute Gasteiger partial charge is 0.482 e. The normalized spacial score (nSPS) is 10.0. The highest BCUT2D eigenvalue weighted by atomic mass is 16.6. The summed E-state index contributed by atoms with van der Waals surface area (Å²) in [4.78, 5) is 34.1. The van der Waals surface area contributed by atoms with E-state index >= 15 is 0 Å². The molecule has 7 nitrogen and oxygen atoms in total. The molecule has 0 fully saturated rings. The lowest BCUT2D eigenvalue weighted by Gasteiger charge is -2.10. The van der Waals surface area contributed by atoms with Gasteiger partial charge in [-0.15, -0.1) is 0 Å². The molecule has 0 aliphatic rings. The minimum Gasteiger partial charge on any atom is -0.482 e. The SMILES string of the molecule is Cc1cccc(OCC(=O)OCC(=O)NC(=O)NC(C)C)c1. The molecular formula is C15H20N2O5. The number of carbonyl (C=O) groups excluding carboxylic acids is 3. The summed E-state index contributed by atoms with van der Waals surface area (Å²) < 4.78 is 9.93. The molecule has 0 aromatic heterocycles. The molecule has 0 unspecified atom stereocenters. The predicted octanol–water partition coefficient (Wildman–Crippen LogP) is 1.15. The van der Waals surface area contributed by atoms with Crippen molar-refractivity contribution in [2.45, 2.75) is 26.8 Å². The van der Waals surface area contributed by atoms with Gasteiger partial charge in [0.15, 0.2) is 13.2 Å². The van der Waals surface area contributed by atoms with Crippen molar-refractivity contribution in [1.82, 2.24) is 10.6 Å². The Hall–Kier alpha value is -2.57. The van der Waals surface area contributed by atoms with E-state index < -0.39 is 24.5 Å². The van der Waals surface area contributed by atoms with Crippen molar-refractivity contribution in [3.63, 3.8) is 0 Å². The highest BCUT2D eigenvalue weighted by Crippen LogP contribution is 2.11. The third kappa shape index (κ3) is 7.28. The Morgan fingerprint density at radius 1 is 1.18 bits per heavy atom. The van der Waals surface area contributed by atoms with Crippen molar-refractivity contribution in [1.29, 1.82) is 0 Å². The number of carbonyl (C=O) groups is 3. The van der Waals surface area contributed by atoms with Crippen molar-refractivity contribution in [3.05, 3.63) is 29.8 Å². The second-order valence-corrected chi connectivity index (χ2v) is 4.94. The van der Waals surface area contributed by atoms with Gasteiger partial charge in [-0.25, -0.2) is 9.59 Å². The Morgan fingerprint density at radius 2 is 1.91 bits per heavy atom. The van der Waals surface area contributed by atoms with Crippen LogP contribution in [0.25, 0.3) is 0 Å². The third-order valence-electron chi connectivity index (χ3n) is 2.38. The first-order chi connectivity index (χ1) is 10.4. The second kappa shape index (κ2) is 8.66. The van der Waals surface area contributed by atoms with Gasteiger partial charge in [-0.05, 0) is 38.5 Å². The quantitative estimate of drug-likeness (QED) is 0.769. The van der Waals surface area contributed by atoms with Crippen LogP contribution in [-0.2, 0) is 14.3 Å². The summed E-state index contributed by atoms with van der Waals surface area (Å²) in [5.74, 6) is -0.860. The molecule has 120 valence electrons. The van der Waals surface area contributed by atoms with Crippen LogP contribution in [-0.4, -0.2) is 37.2 Å². The summed E-state index contributed by atoms with van der Waals surface area (Å²) in [6, 6.07) is 6.46. The van der Waals surface area contributed by atoms with Crippen molar-refractivity contribution in [2.75, 3.05) is 13.2 Å². The Balaban J connectivity index is 2.25. The van der Waals surface area contributed by atoms with Crippen LogP contribution in [0.5, 0.6) is 5.75 Å². The monoisotopic (exact) mass is 308 g/mol. The van der Waals surface area contributed by atoms with Crippen molar-refractivity contribution < 1.29 is 23.9 Å². The fourth-order valence-corrected chi connectivity index (χ4v) is 1.50. The number of aryl methyl sites for hydroxylation is 1. The molecule has 3 amide bonds. The van der Waals surface area contributed by atoms with Crippen LogP contribution in [0.15, 0.2) is 24.3 Å². The molecule has 0 spiro atoms. The molecule has 0 heterocycles. The molecule has 0 aliphatic carbocycles. The Kier molecular flexibility index (Phi) is 6.88. The van der Waals surface area contributed by atoms with Gasteiger partial charge in [0.25, 0.3) is 5.91 Å². The van der Waals surface area contributed by atoms with Gasteiger partial charge < -0.3 is 14.8 Å². The zero-order chi connectivity index (χ0) is 16.5. The number of ether oxygens (including phenoxy) is 2. The van der Waals surface area contributed by atoms with Gasteiger partial charge in [0, 0.05) is 6.04 Å². The zero-order valence-corrected chi connectivity index (χ0v) is 12.8. The van der Waals surface area contributed by atoms with Crippen LogP contribution < -0.4 is 15.4 Å². The maximum absolute atomic E-state index is 11.4. The number of urea groups is 1. The fourth-order valence-electron chi connectivity index (χ4n) is 1.50. The van der Waals surface area contributed by atoms with E-state index in [1.165, 1.54) is 0 Å². The number of hydrogen-bond donors (Lipinski definition) is 2. The number of benzene rings is 1. The summed E-state index contributed by atoms with van der Waals surface area (Å²) in [5, 5.41) is 4.52. The first-order valence-corrected chi connectivity index (χ1v) is 6.82. The van der Waals surface area contributed by atoms with Crippen molar-refractivity contribution >= 4 is 17.9 Å². The Bertz CT molecular complexity index is 542. The van der Waals surface area contributed by atoms with E-state index in [1.54, 1.807) is 32.0 Å². The van der Waals surface area contributed by atoms with Gasteiger partial charge in [-0.1, -0.05) is 12.1 Å². The predicted molar refractivity (Wildman–Crippen MR) is 79.4 cm³/mol. The first-order valence-electron chi connectivity index (χ1n) is 6.82. The van der Waals surface area contributed by atoms with Gasteiger partial charge >= 0.3 is 12.0 Å². The van der Waals surface area contributed by atoms with Crippen molar-refractivity contribution in [3.8, 4) is 5.75 Å². The number of imide groups is 1. The molecular weight excluding hydrogens is 288 g/mol. The molecule has 1 aromatic carbocycles. The highest BCUT2D eigenvalue weighted by molar-refractivity contribution is 5.95. The summed E-state index contributed by atoms with van der Waals surface area (Å²) in [7, 11) is 0. The molecule has 7 heteroatoms. The number of amides is 3. The molecule has 0 saturated heterocycles. The maximum atomic E-state index is 11.4. The lowest BCUT2D eigenvalue weighted by atomic mass is 10.2. The zero-order valence-electron chi connectivity index (χ0n) is 12.8. The lowest BCUT2D eigenvalue weighted by Crippen LogP contribution is -2.44.